The number of methoxy groups -OCH3 is 1. The highest BCUT2D eigenvalue weighted by Gasteiger charge is 2.46. The van der Waals surface area contributed by atoms with E-state index in [0.29, 0.717) is 23.4 Å². The molecule has 3 rings (SSSR count). The number of rotatable bonds is 9. The van der Waals surface area contributed by atoms with Gasteiger partial charge >= 0.3 is 0 Å². The number of pyridine rings is 1. The van der Waals surface area contributed by atoms with Crippen LogP contribution in [0, 0.1) is 0 Å². The van der Waals surface area contributed by atoms with Crippen molar-refractivity contribution in [1.29, 1.82) is 0 Å². The zero-order chi connectivity index (χ0) is 22.4. The quantitative estimate of drug-likeness (QED) is 0.365. The summed E-state index contributed by atoms with van der Waals surface area (Å²) in [4.78, 5) is 33.1. The molecule has 1 unspecified atom stereocenters. The molecule has 0 spiro atoms. The third-order valence-corrected chi connectivity index (χ3v) is 5.81. The highest BCUT2D eigenvalue weighted by Crippen LogP contribution is 2.39. The summed E-state index contributed by atoms with van der Waals surface area (Å²) in [6.07, 6.45) is 4.04. The monoisotopic (exact) mass is 424 g/mol. The minimum atomic E-state index is -0.677. The van der Waals surface area contributed by atoms with Gasteiger partial charge in [-0.1, -0.05) is 18.2 Å². The Morgan fingerprint density at radius 1 is 1.19 bits per heavy atom. The summed E-state index contributed by atoms with van der Waals surface area (Å²) in [5, 5.41) is 11.1. The van der Waals surface area contributed by atoms with Gasteiger partial charge < -0.3 is 19.6 Å². The van der Waals surface area contributed by atoms with Gasteiger partial charge in [-0.25, -0.2) is 0 Å². The highest BCUT2D eigenvalue weighted by molar-refractivity contribution is 6.46. The van der Waals surface area contributed by atoms with Crippen molar-refractivity contribution in [3.63, 3.8) is 0 Å². The van der Waals surface area contributed by atoms with Crippen LogP contribution >= 0.6 is 0 Å². The molecule has 7 nitrogen and oxygen atoms in total. The lowest BCUT2D eigenvalue weighted by atomic mass is 9.96. The largest absolute Gasteiger partial charge is 0.507 e. The van der Waals surface area contributed by atoms with E-state index >= 15 is 0 Å². The fourth-order valence-electron chi connectivity index (χ4n) is 4.02. The van der Waals surface area contributed by atoms with Gasteiger partial charge in [0.05, 0.1) is 38.4 Å². The number of nitrogens with zero attached hydrogens (tertiary/aromatic N) is 2. The van der Waals surface area contributed by atoms with Crippen LogP contribution in [0.3, 0.4) is 0 Å². The van der Waals surface area contributed by atoms with Gasteiger partial charge in [-0.15, -0.1) is 0 Å². The van der Waals surface area contributed by atoms with E-state index in [4.69, 9.17) is 4.74 Å². The molecular formula is C24H30N3O4+. The molecule has 0 aliphatic carbocycles. The summed E-state index contributed by atoms with van der Waals surface area (Å²) in [6, 6.07) is 9.74. The van der Waals surface area contributed by atoms with Crippen molar-refractivity contribution in [1.82, 2.24) is 9.88 Å². The lowest BCUT2D eigenvalue weighted by molar-refractivity contribution is -0.896. The molecule has 1 aliphatic heterocycles. The van der Waals surface area contributed by atoms with Crippen molar-refractivity contribution in [2.24, 2.45) is 0 Å². The number of hydrogen-bond donors (Lipinski definition) is 2. The molecule has 2 aromatic rings. The van der Waals surface area contributed by atoms with Crippen LogP contribution in [0.5, 0.6) is 5.75 Å². The summed E-state index contributed by atoms with van der Waals surface area (Å²) in [5.41, 5.74) is 1.21. The molecule has 0 radical (unpaired) electrons. The summed E-state index contributed by atoms with van der Waals surface area (Å²) in [6.45, 7) is 7.63. The number of hydrogen-bond acceptors (Lipinski definition) is 5. The van der Waals surface area contributed by atoms with Gasteiger partial charge in [0.15, 0.2) is 0 Å². The van der Waals surface area contributed by atoms with Gasteiger partial charge in [-0.3, -0.25) is 14.6 Å². The number of ether oxygens (including phenoxy) is 1. The molecule has 31 heavy (non-hydrogen) atoms. The molecule has 1 fully saturated rings. The summed E-state index contributed by atoms with van der Waals surface area (Å²) in [7, 11) is 1.53. The molecule has 1 aromatic carbocycles. The first-order valence-corrected chi connectivity index (χ1v) is 10.7. The SMILES string of the molecule is CC[NH+](CC)CCCN1C(=O)C(=O)C(=C(O)c2cccc(OC)c2)C1c1cccnc1. The van der Waals surface area contributed by atoms with Gasteiger partial charge in [0.25, 0.3) is 11.7 Å². The minimum Gasteiger partial charge on any atom is -0.507 e. The normalized spacial score (nSPS) is 18.1. The number of aliphatic hydroxyl groups excluding tert-OH is 1. The van der Waals surface area contributed by atoms with Crippen LogP contribution in [0.1, 0.15) is 37.4 Å². The first-order chi connectivity index (χ1) is 15.0. The molecule has 1 amide bonds. The number of aromatic nitrogens is 1. The fourth-order valence-corrected chi connectivity index (χ4v) is 4.02. The standard InChI is InChI=1S/C24H29N3O4/c1-4-26(5-2)13-8-14-27-21(18-10-7-12-25-16-18)20(23(29)24(27)30)22(28)17-9-6-11-19(15-17)31-3/h6-7,9-12,15-16,21,28H,4-5,8,13-14H2,1-3H3/p+1. The molecule has 0 bridgehead atoms. The van der Waals surface area contributed by atoms with E-state index in [2.05, 4.69) is 18.8 Å². The number of quaternary nitrogens is 1. The zero-order valence-corrected chi connectivity index (χ0v) is 18.3. The van der Waals surface area contributed by atoms with E-state index in [1.54, 1.807) is 47.6 Å². The van der Waals surface area contributed by atoms with Crippen LogP contribution < -0.4 is 9.64 Å². The van der Waals surface area contributed by atoms with Crippen LogP contribution in [0.25, 0.3) is 5.76 Å². The van der Waals surface area contributed by atoms with E-state index < -0.39 is 17.7 Å². The van der Waals surface area contributed by atoms with Crippen molar-refractivity contribution >= 4 is 17.4 Å². The van der Waals surface area contributed by atoms with Gasteiger partial charge in [-0.2, -0.15) is 0 Å². The molecule has 2 N–H and O–H groups in total. The predicted molar refractivity (Wildman–Crippen MR) is 118 cm³/mol. The Morgan fingerprint density at radius 3 is 2.61 bits per heavy atom. The number of carbonyl (C=O) groups excluding carboxylic acids is 2. The smallest absolute Gasteiger partial charge is 0.295 e. The van der Waals surface area contributed by atoms with Crippen molar-refractivity contribution in [2.75, 3.05) is 33.3 Å². The molecule has 1 aromatic heterocycles. The second-order valence-electron chi connectivity index (χ2n) is 7.57. The summed E-state index contributed by atoms with van der Waals surface area (Å²) < 4.78 is 5.24. The van der Waals surface area contributed by atoms with Gasteiger partial charge in [0, 0.05) is 30.9 Å². The van der Waals surface area contributed by atoms with Crippen LogP contribution in [-0.4, -0.2) is 60.0 Å². The van der Waals surface area contributed by atoms with E-state index in [0.717, 1.165) is 26.1 Å². The van der Waals surface area contributed by atoms with E-state index in [-0.39, 0.29) is 11.3 Å². The first-order valence-electron chi connectivity index (χ1n) is 10.7. The van der Waals surface area contributed by atoms with E-state index in [1.807, 2.05) is 6.07 Å². The average molecular weight is 425 g/mol. The summed E-state index contributed by atoms with van der Waals surface area (Å²) >= 11 is 0. The first kappa shape index (κ1) is 22.5. The highest BCUT2D eigenvalue weighted by atomic mass is 16.5. The van der Waals surface area contributed by atoms with E-state index in [9.17, 15) is 14.7 Å². The van der Waals surface area contributed by atoms with Crippen LogP contribution in [0.15, 0.2) is 54.4 Å². The van der Waals surface area contributed by atoms with Gasteiger partial charge in [0.1, 0.15) is 11.5 Å². The number of likely N-dealkylation sites (tertiary alicyclic amines) is 1. The molecule has 2 heterocycles. The Balaban J connectivity index is 2.01. The zero-order valence-electron chi connectivity index (χ0n) is 18.3. The van der Waals surface area contributed by atoms with Crippen LogP contribution in [-0.2, 0) is 9.59 Å². The Morgan fingerprint density at radius 2 is 1.97 bits per heavy atom. The van der Waals surface area contributed by atoms with E-state index in [1.165, 1.54) is 12.0 Å². The minimum absolute atomic E-state index is 0.0847. The number of aliphatic hydroxyl groups is 1. The Bertz CT molecular complexity index is 954. The number of benzene rings is 1. The maximum absolute atomic E-state index is 13.0. The maximum Gasteiger partial charge on any atom is 0.295 e. The fraction of sp³-hybridized carbons (Fsp3) is 0.375. The average Bonchev–Trinajstić information content (AvgIpc) is 3.07. The number of nitrogens with one attached hydrogen (secondary N) is 1. The van der Waals surface area contributed by atoms with Crippen molar-refractivity contribution in [3.8, 4) is 5.75 Å². The second-order valence-corrected chi connectivity index (χ2v) is 7.57. The lowest BCUT2D eigenvalue weighted by Gasteiger charge is -2.25. The molecule has 1 atom stereocenters. The number of Topliss-reactive ketones (excluding diaryl/α,β-unsaturated/α-hetero) is 1. The van der Waals surface area contributed by atoms with Crippen LogP contribution in [0.4, 0.5) is 0 Å². The maximum atomic E-state index is 13.0. The van der Waals surface area contributed by atoms with Crippen LogP contribution in [0.2, 0.25) is 0 Å². The molecule has 0 saturated carbocycles. The number of amides is 1. The number of ketones is 1. The molecule has 164 valence electrons. The number of carbonyl (C=O) groups is 2. The molecule has 7 heteroatoms. The van der Waals surface area contributed by atoms with Crippen molar-refractivity contribution in [3.05, 3.63) is 65.5 Å². The van der Waals surface area contributed by atoms with Crippen molar-refractivity contribution < 1.29 is 24.3 Å². The third-order valence-electron chi connectivity index (χ3n) is 5.81. The van der Waals surface area contributed by atoms with Crippen molar-refractivity contribution in [2.45, 2.75) is 26.3 Å². The Hall–Kier alpha value is -3.19. The molecular weight excluding hydrogens is 394 g/mol. The molecule has 1 aliphatic rings. The lowest BCUT2D eigenvalue weighted by Crippen LogP contribution is -3.11. The topological polar surface area (TPSA) is 84.2 Å². The van der Waals surface area contributed by atoms with Gasteiger partial charge in [-0.05, 0) is 37.6 Å². The predicted octanol–water partition coefficient (Wildman–Crippen LogP) is 1.83. The Labute approximate surface area is 183 Å². The second kappa shape index (κ2) is 10.2. The molecule has 1 saturated heterocycles. The van der Waals surface area contributed by atoms with Gasteiger partial charge in [0.2, 0.25) is 0 Å². The Kier molecular flexibility index (Phi) is 7.41. The third kappa shape index (κ3) is 4.77. The summed E-state index contributed by atoms with van der Waals surface area (Å²) in [5.74, 6) is -0.918.